The van der Waals surface area contributed by atoms with Crippen LogP contribution in [0.4, 0.5) is 16.2 Å². The number of benzene rings is 1. The summed E-state index contributed by atoms with van der Waals surface area (Å²) in [7, 11) is 1.92. The van der Waals surface area contributed by atoms with E-state index in [9.17, 15) is 4.39 Å². The predicted octanol–water partition coefficient (Wildman–Crippen LogP) is 4.66. The minimum absolute atomic E-state index is 0.261. The van der Waals surface area contributed by atoms with Crippen molar-refractivity contribution in [3.05, 3.63) is 65.4 Å². The number of ether oxygens (including phenoxy) is 1. The van der Waals surface area contributed by atoms with Gasteiger partial charge < -0.3 is 14.5 Å². The highest BCUT2D eigenvalue weighted by atomic mass is 19.1. The fourth-order valence-corrected chi connectivity index (χ4v) is 4.22. The first kappa shape index (κ1) is 24.4. The third-order valence-corrected chi connectivity index (χ3v) is 5.97. The van der Waals surface area contributed by atoms with Crippen LogP contribution < -0.4 is 14.5 Å². The first-order valence-corrected chi connectivity index (χ1v) is 12.0. The second-order valence-electron chi connectivity index (χ2n) is 8.36. The molecule has 0 bridgehead atoms. The van der Waals surface area contributed by atoms with Crippen LogP contribution in [0.3, 0.4) is 0 Å². The molecule has 4 aromatic rings. The third-order valence-electron chi connectivity index (χ3n) is 5.97. The molecular formula is C26H32FN7O. The number of halogens is 1. The zero-order chi connectivity index (χ0) is 24.9. The van der Waals surface area contributed by atoms with Gasteiger partial charge in [-0.25, -0.2) is 19.3 Å². The highest BCUT2D eigenvalue weighted by Crippen LogP contribution is 2.28. The van der Waals surface area contributed by atoms with Crippen LogP contribution in [0, 0.1) is 12.7 Å². The predicted molar refractivity (Wildman–Crippen MR) is 136 cm³/mol. The summed E-state index contributed by atoms with van der Waals surface area (Å²) in [5.74, 6) is 1.84. The Morgan fingerprint density at radius 3 is 2.29 bits per heavy atom. The van der Waals surface area contributed by atoms with Crippen LogP contribution in [0.25, 0.3) is 11.0 Å². The normalized spacial score (nSPS) is 11.1. The molecule has 0 N–H and O–H groups in total. The molecule has 0 fully saturated rings. The van der Waals surface area contributed by atoms with Crippen molar-refractivity contribution in [2.45, 2.75) is 40.8 Å². The first-order valence-electron chi connectivity index (χ1n) is 12.0. The van der Waals surface area contributed by atoms with Gasteiger partial charge in [0.25, 0.3) is 0 Å². The molecule has 0 atom stereocenters. The Morgan fingerprint density at radius 1 is 0.971 bits per heavy atom. The standard InChI is InChI=1S/C26H32FN7O/c1-6-33(7-2)24-20(13-23-18(4)31-32(5)25(23)30-24)17-34(16-19-9-11-21(27)12-10-19)26-28-14-22(15-29-26)35-8-3/h9-15H,6-8,16-17H2,1-5H3. The van der Waals surface area contributed by atoms with Crippen molar-refractivity contribution in [2.75, 3.05) is 29.5 Å². The summed E-state index contributed by atoms with van der Waals surface area (Å²) in [5.41, 5.74) is 3.80. The molecule has 0 unspecified atom stereocenters. The maximum Gasteiger partial charge on any atom is 0.226 e. The Morgan fingerprint density at radius 2 is 1.66 bits per heavy atom. The van der Waals surface area contributed by atoms with Crippen LogP contribution in [0.5, 0.6) is 5.75 Å². The lowest BCUT2D eigenvalue weighted by atomic mass is 10.1. The van der Waals surface area contributed by atoms with E-state index < -0.39 is 0 Å². The molecule has 4 rings (SSSR count). The van der Waals surface area contributed by atoms with Crippen molar-refractivity contribution >= 4 is 22.8 Å². The summed E-state index contributed by atoms with van der Waals surface area (Å²) < 4.78 is 20.9. The molecular weight excluding hydrogens is 445 g/mol. The van der Waals surface area contributed by atoms with Crippen molar-refractivity contribution in [2.24, 2.45) is 7.05 Å². The molecule has 0 radical (unpaired) electrons. The van der Waals surface area contributed by atoms with E-state index in [4.69, 9.17) is 9.72 Å². The van der Waals surface area contributed by atoms with Crippen molar-refractivity contribution in [1.29, 1.82) is 0 Å². The van der Waals surface area contributed by atoms with Crippen LogP contribution in [-0.4, -0.2) is 44.4 Å². The lowest BCUT2D eigenvalue weighted by Crippen LogP contribution is -2.29. The van der Waals surface area contributed by atoms with Crippen molar-refractivity contribution in [3.8, 4) is 5.75 Å². The summed E-state index contributed by atoms with van der Waals surface area (Å²) in [6.07, 6.45) is 3.36. The van der Waals surface area contributed by atoms with Gasteiger partial charge in [-0.3, -0.25) is 4.68 Å². The molecule has 0 aliphatic rings. The maximum absolute atomic E-state index is 13.5. The minimum atomic E-state index is -0.261. The summed E-state index contributed by atoms with van der Waals surface area (Å²) in [4.78, 5) is 18.5. The fraction of sp³-hybridized carbons (Fsp3) is 0.385. The number of nitrogens with zero attached hydrogens (tertiary/aromatic N) is 7. The van der Waals surface area contributed by atoms with Crippen LogP contribution in [0.2, 0.25) is 0 Å². The molecule has 3 aromatic heterocycles. The van der Waals surface area contributed by atoms with Gasteiger partial charge in [-0.05, 0) is 51.5 Å². The molecule has 0 amide bonds. The van der Waals surface area contributed by atoms with Gasteiger partial charge in [0.15, 0.2) is 11.4 Å². The summed E-state index contributed by atoms with van der Waals surface area (Å²) >= 11 is 0. The Bertz CT molecular complexity index is 1270. The molecule has 0 aliphatic carbocycles. The Kier molecular flexibility index (Phi) is 7.43. The number of anilines is 2. The van der Waals surface area contributed by atoms with Crippen LogP contribution in [-0.2, 0) is 20.1 Å². The monoisotopic (exact) mass is 477 g/mol. The fourth-order valence-electron chi connectivity index (χ4n) is 4.22. The van der Waals surface area contributed by atoms with Gasteiger partial charge in [0, 0.05) is 44.2 Å². The Hall–Kier alpha value is -3.75. The number of pyridine rings is 1. The largest absolute Gasteiger partial charge is 0.491 e. The average molecular weight is 478 g/mol. The average Bonchev–Trinajstić information content (AvgIpc) is 3.14. The van der Waals surface area contributed by atoms with E-state index >= 15 is 0 Å². The third kappa shape index (κ3) is 5.34. The van der Waals surface area contributed by atoms with Crippen molar-refractivity contribution in [1.82, 2.24) is 24.7 Å². The molecule has 0 aliphatic heterocycles. The van der Waals surface area contributed by atoms with Gasteiger partial charge in [0.05, 0.1) is 24.7 Å². The van der Waals surface area contributed by atoms with Crippen molar-refractivity contribution in [3.63, 3.8) is 0 Å². The number of aromatic nitrogens is 5. The van der Waals surface area contributed by atoms with E-state index in [0.717, 1.165) is 46.8 Å². The van der Waals surface area contributed by atoms with Crippen LogP contribution >= 0.6 is 0 Å². The molecule has 1 aromatic carbocycles. The van der Waals surface area contributed by atoms with Gasteiger partial charge in [-0.2, -0.15) is 5.10 Å². The van der Waals surface area contributed by atoms with Gasteiger partial charge in [-0.1, -0.05) is 12.1 Å². The SMILES string of the molecule is CCOc1cnc(N(Cc2ccc(F)cc2)Cc2cc3c(C)nn(C)c3nc2N(CC)CC)nc1. The quantitative estimate of drug-likeness (QED) is 0.329. The number of aryl methyl sites for hydroxylation is 2. The van der Waals surface area contributed by atoms with Crippen LogP contribution in [0.1, 0.15) is 37.6 Å². The molecule has 9 heteroatoms. The van der Waals surface area contributed by atoms with Gasteiger partial charge >= 0.3 is 0 Å². The molecule has 0 saturated heterocycles. The molecule has 184 valence electrons. The highest BCUT2D eigenvalue weighted by molar-refractivity contribution is 5.81. The first-order chi connectivity index (χ1) is 16.9. The Balaban J connectivity index is 1.78. The van der Waals surface area contributed by atoms with Gasteiger partial charge in [0.2, 0.25) is 5.95 Å². The molecule has 35 heavy (non-hydrogen) atoms. The number of hydrogen-bond donors (Lipinski definition) is 0. The number of rotatable bonds is 10. The zero-order valence-corrected chi connectivity index (χ0v) is 21.0. The summed E-state index contributed by atoms with van der Waals surface area (Å²) in [6, 6.07) is 8.69. The van der Waals surface area contributed by atoms with E-state index in [2.05, 4.69) is 44.8 Å². The molecule has 0 spiro atoms. The summed E-state index contributed by atoms with van der Waals surface area (Å²) in [6.45, 7) is 11.4. The second-order valence-corrected chi connectivity index (χ2v) is 8.36. The van der Waals surface area contributed by atoms with Crippen molar-refractivity contribution < 1.29 is 9.13 Å². The molecule has 8 nitrogen and oxygen atoms in total. The smallest absolute Gasteiger partial charge is 0.226 e. The second kappa shape index (κ2) is 10.7. The van der Waals surface area contributed by atoms with Gasteiger partial charge in [0.1, 0.15) is 11.6 Å². The Labute approximate surface area is 205 Å². The minimum Gasteiger partial charge on any atom is -0.491 e. The van der Waals surface area contributed by atoms with Gasteiger partial charge in [-0.15, -0.1) is 0 Å². The van der Waals surface area contributed by atoms with E-state index in [-0.39, 0.29) is 5.82 Å². The highest BCUT2D eigenvalue weighted by Gasteiger charge is 2.20. The number of fused-ring (bicyclic) bond motifs is 1. The maximum atomic E-state index is 13.5. The van der Waals surface area contributed by atoms with E-state index in [1.165, 1.54) is 12.1 Å². The lowest BCUT2D eigenvalue weighted by molar-refractivity contribution is 0.337. The number of hydrogen-bond acceptors (Lipinski definition) is 7. The van der Waals surface area contributed by atoms with E-state index in [0.29, 0.717) is 31.4 Å². The molecule has 3 heterocycles. The topological polar surface area (TPSA) is 72.2 Å². The summed E-state index contributed by atoms with van der Waals surface area (Å²) in [5, 5.41) is 5.59. The molecule has 0 saturated carbocycles. The van der Waals surface area contributed by atoms with E-state index in [1.54, 1.807) is 24.5 Å². The van der Waals surface area contributed by atoms with Crippen LogP contribution in [0.15, 0.2) is 42.7 Å². The zero-order valence-electron chi connectivity index (χ0n) is 21.0. The van der Waals surface area contributed by atoms with E-state index in [1.807, 2.05) is 25.6 Å². The lowest BCUT2D eigenvalue weighted by Gasteiger charge is -2.27.